The van der Waals surface area contributed by atoms with Crippen LogP contribution in [0.15, 0.2) is 17.3 Å². The van der Waals surface area contributed by atoms with Crippen molar-refractivity contribution in [1.29, 1.82) is 10.5 Å². The van der Waals surface area contributed by atoms with Gasteiger partial charge in [-0.2, -0.15) is 10.5 Å². The molecule has 0 spiro atoms. The number of allylic oxidation sites excluding steroid dienone is 1. The number of nitrogens with two attached hydrogens (primary N) is 1. The molecule has 0 atom stereocenters. The molecule has 0 aliphatic heterocycles. The Morgan fingerprint density at radius 3 is 2.33 bits per heavy atom. The Hall–Kier alpha value is -1.81. The Balaban J connectivity index is 4.22. The summed E-state index contributed by atoms with van der Waals surface area (Å²) in [6.45, 7) is 3.18. The molecule has 4 nitrogen and oxygen atoms in total. The average molecular weight is 120 g/mol. The van der Waals surface area contributed by atoms with Gasteiger partial charge in [0.2, 0.25) is 5.84 Å². The van der Waals surface area contributed by atoms with Crippen LogP contribution in [0.1, 0.15) is 0 Å². The van der Waals surface area contributed by atoms with E-state index in [-0.39, 0.29) is 11.5 Å². The van der Waals surface area contributed by atoms with Crippen molar-refractivity contribution < 1.29 is 0 Å². The summed E-state index contributed by atoms with van der Waals surface area (Å²) >= 11 is 0. The third-order valence-corrected chi connectivity index (χ3v) is 0.499. The Morgan fingerprint density at radius 1 is 1.44 bits per heavy atom. The lowest BCUT2D eigenvalue weighted by molar-refractivity contribution is 1.37. The normalized spacial score (nSPS) is 9.33. The topological polar surface area (TPSA) is 86.0 Å². The van der Waals surface area contributed by atoms with Crippen molar-refractivity contribution in [3.05, 3.63) is 12.3 Å². The monoisotopic (exact) mass is 120 g/mol. The molecule has 0 aliphatic carbocycles. The van der Waals surface area contributed by atoms with Crippen molar-refractivity contribution in [3.8, 4) is 12.1 Å². The first-order valence-corrected chi connectivity index (χ1v) is 2.04. The second kappa shape index (κ2) is 3.23. The first kappa shape index (κ1) is 7.19. The van der Waals surface area contributed by atoms with Gasteiger partial charge in [-0.05, 0) is 0 Å². The number of rotatable bonds is 1. The van der Waals surface area contributed by atoms with E-state index in [1.165, 1.54) is 0 Å². The molecule has 0 amide bonds. The van der Waals surface area contributed by atoms with E-state index in [2.05, 4.69) is 11.6 Å². The van der Waals surface area contributed by atoms with E-state index in [9.17, 15) is 0 Å². The highest BCUT2D eigenvalue weighted by atomic mass is 14.9. The van der Waals surface area contributed by atoms with E-state index < -0.39 is 0 Å². The molecule has 4 heteroatoms. The molecule has 0 fully saturated rings. The fourth-order valence-corrected chi connectivity index (χ4v) is 0.195. The van der Waals surface area contributed by atoms with Crippen LogP contribution in [0.2, 0.25) is 0 Å². The van der Waals surface area contributed by atoms with Crippen molar-refractivity contribution in [3.63, 3.8) is 0 Å². The SMILES string of the molecule is C=C(C#N)N=C(N)C#N. The molecule has 0 aliphatic rings. The van der Waals surface area contributed by atoms with Gasteiger partial charge in [-0.3, -0.25) is 0 Å². The largest absolute Gasteiger partial charge is 0.375 e. The van der Waals surface area contributed by atoms with Crippen LogP contribution in [0, 0.1) is 22.7 Å². The van der Waals surface area contributed by atoms with Crippen LogP contribution in [0.5, 0.6) is 0 Å². The second-order valence-electron chi connectivity index (χ2n) is 1.17. The van der Waals surface area contributed by atoms with Gasteiger partial charge in [0.05, 0.1) is 0 Å². The standard InChI is InChI=1S/C5H4N4/c1-4(2-6)9-5(8)3-7/h1H2,(H2,8,9). The smallest absolute Gasteiger partial charge is 0.204 e. The molecule has 0 saturated carbocycles. The number of nitrogens with zero attached hydrogens (tertiary/aromatic N) is 3. The molecule has 0 saturated heterocycles. The highest BCUT2D eigenvalue weighted by Gasteiger charge is 1.87. The first-order valence-electron chi connectivity index (χ1n) is 2.04. The zero-order valence-electron chi connectivity index (χ0n) is 4.63. The maximum atomic E-state index is 8.06. The number of aliphatic imine (C=N–C) groups is 1. The van der Waals surface area contributed by atoms with Crippen LogP contribution in [0.4, 0.5) is 0 Å². The van der Waals surface area contributed by atoms with Gasteiger partial charge in [-0.1, -0.05) is 6.58 Å². The predicted octanol–water partition coefficient (Wildman–Crippen LogP) is -0.0955. The summed E-state index contributed by atoms with van der Waals surface area (Å²) in [7, 11) is 0. The van der Waals surface area contributed by atoms with Gasteiger partial charge in [0.25, 0.3) is 0 Å². The molecule has 0 unspecified atom stereocenters. The van der Waals surface area contributed by atoms with Gasteiger partial charge in [-0.15, -0.1) is 0 Å². The molecule has 0 aromatic rings. The Labute approximate surface area is 52.5 Å². The maximum Gasteiger partial charge on any atom is 0.204 e. The Bertz CT molecular complexity index is 224. The van der Waals surface area contributed by atoms with E-state index in [4.69, 9.17) is 16.3 Å². The van der Waals surface area contributed by atoms with Gasteiger partial charge in [0.1, 0.15) is 17.8 Å². The lowest BCUT2D eigenvalue weighted by atomic mass is 10.5. The minimum atomic E-state index is -0.249. The average Bonchev–Trinajstić information content (AvgIpc) is 1.87. The van der Waals surface area contributed by atoms with Crippen LogP contribution in [-0.2, 0) is 0 Å². The number of hydrogen-bond donors (Lipinski definition) is 1. The van der Waals surface area contributed by atoms with Crippen molar-refractivity contribution >= 4 is 5.84 Å². The number of hydrogen-bond acceptors (Lipinski definition) is 3. The molecular formula is C5H4N4. The van der Waals surface area contributed by atoms with E-state index in [0.717, 1.165) is 0 Å². The highest BCUT2D eigenvalue weighted by Crippen LogP contribution is 1.86. The zero-order valence-corrected chi connectivity index (χ0v) is 4.63. The lowest BCUT2D eigenvalue weighted by Crippen LogP contribution is -2.07. The molecule has 44 valence electrons. The van der Waals surface area contributed by atoms with Crippen molar-refractivity contribution in [2.24, 2.45) is 10.7 Å². The summed E-state index contributed by atoms with van der Waals surface area (Å²) in [5.41, 5.74) is 4.87. The van der Waals surface area contributed by atoms with Crippen LogP contribution in [-0.4, -0.2) is 5.84 Å². The van der Waals surface area contributed by atoms with E-state index in [0.29, 0.717) is 0 Å². The van der Waals surface area contributed by atoms with Crippen molar-refractivity contribution in [2.75, 3.05) is 0 Å². The summed E-state index contributed by atoms with van der Waals surface area (Å²) in [5.74, 6) is -0.249. The summed E-state index contributed by atoms with van der Waals surface area (Å²) < 4.78 is 0. The van der Waals surface area contributed by atoms with E-state index in [1.807, 2.05) is 0 Å². The summed E-state index contributed by atoms with van der Waals surface area (Å²) in [6, 6.07) is 3.16. The minimum Gasteiger partial charge on any atom is -0.375 e. The highest BCUT2D eigenvalue weighted by molar-refractivity contribution is 5.95. The first-order chi connectivity index (χ1) is 4.20. The number of nitriles is 2. The zero-order chi connectivity index (χ0) is 7.28. The Kier molecular flexibility index (Phi) is 2.58. The van der Waals surface area contributed by atoms with Gasteiger partial charge >= 0.3 is 0 Å². The maximum absolute atomic E-state index is 8.06. The van der Waals surface area contributed by atoms with Gasteiger partial charge < -0.3 is 5.73 Å². The van der Waals surface area contributed by atoms with Crippen LogP contribution >= 0.6 is 0 Å². The van der Waals surface area contributed by atoms with Gasteiger partial charge in [0, 0.05) is 0 Å². The van der Waals surface area contributed by atoms with E-state index >= 15 is 0 Å². The van der Waals surface area contributed by atoms with Crippen molar-refractivity contribution in [2.45, 2.75) is 0 Å². The fraction of sp³-hybridized carbons (Fsp3) is 0. The number of amidine groups is 1. The van der Waals surface area contributed by atoms with E-state index in [1.54, 1.807) is 12.1 Å². The summed E-state index contributed by atoms with van der Waals surface area (Å²) in [4.78, 5) is 3.29. The molecule has 0 bridgehead atoms. The van der Waals surface area contributed by atoms with Crippen LogP contribution in [0.25, 0.3) is 0 Å². The van der Waals surface area contributed by atoms with Gasteiger partial charge in [-0.25, -0.2) is 4.99 Å². The van der Waals surface area contributed by atoms with Crippen LogP contribution < -0.4 is 5.73 Å². The summed E-state index contributed by atoms with van der Waals surface area (Å²) in [6.07, 6.45) is 0. The Morgan fingerprint density at radius 2 is 2.00 bits per heavy atom. The molecular weight excluding hydrogens is 116 g/mol. The predicted molar refractivity (Wildman–Crippen MR) is 32.0 cm³/mol. The van der Waals surface area contributed by atoms with Crippen molar-refractivity contribution in [1.82, 2.24) is 0 Å². The second-order valence-corrected chi connectivity index (χ2v) is 1.17. The summed E-state index contributed by atoms with van der Waals surface area (Å²) in [5, 5.41) is 16.1. The molecule has 0 aromatic carbocycles. The fourth-order valence-electron chi connectivity index (χ4n) is 0.195. The molecule has 0 aromatic heterocycles. The third-order valence-electron chi connectivity index (χ3n) is 0.499. The molecule has 0 heterocycles. The molecule has 2 N–H and O–H groups in total. The molecule has 0 rings (SSSR count). The quantitative estimate of drug-likeness (QED) is 0.298. The lowest BCUT2D eigenvalue weighted by Gasteiger charge is -1.81. The van der Waals surface area contributed by atoms with Crippen LogP contribution in [0.3, 0.4) is 0 Å². The molecule has 0 radical (unpaired) electrons. The van der Waals surface area contributed by atoms with Gasteiger partial charge in [0.15, 0.2) is 0 Å². The minimum absolute atomic E-state index is 0.0611. The molecule has 9 heavy (non-hydrogen) atoms. The third kappa shape index (κ3) is 2.84.